The van der Waals surface area contributed by atoms with Gasteiger partial charge in [-0.1, -0.05) is 58.4 Å². The lowest BCUT2D eigenvalue weighted by Gasteiger charge is -2.41. The first-order chi connectivity index (χ1) is 12.5. The first-order valence-corrected chi connectivity index (χ1v) is 9.35. The van der Waals surface area contributed by atoms with Crippen molar-refractivity contribution >= 4 is 33.6 Å². The standard InChI is InChI=1S/C19H18BrClN2O3/c1-13(16-4-2-3-5-17(16)20)23(18(24)25)19(10-11-26-22-19)15-8-6-14(12-21)7-9-15/h2-11,13,22H,12H2,1H3,(H,24,25). The summed E-state index contributed by atoms with van der Waals surface area (Å²) in [5.74, 6) is 0.392. The minimum atomic E-state index is -1.15. The number of alkyl halides is 1. The number of amides is 1. The third-order valence-corrected chi connectivity index (χ3v) is 5.50. The molecule has 26 heavy (non-hydrogen) atoms. The van der Waals surface area contributed by atoms with Crippen LogP contribution in [0.5, 0.6) is 0 Å². The molecular formula is C19H18BrClN2O3. The van der Waals surface area contributed by atoms with Crippen LogP contribution in [0, 0.1) is 0 Å². The number of carboxylic acid groups (broad SMARTS) is 1. The molecule has 2 N–H and O–H groups in total. The van der Waals surface area contributed by atoms with Crippen molar-refractivity contribution in [2.24, 2.45) is 0 Å². The van der Waals surface area contributed by atoms with Crippen LogP contribution in [0.25, 0.3) is 0 Å². The Morgan fingerprint density at radius 2 is 2.00 bits per heavy atom. The molecule has 0 aromatic heterocycles. The number of hydrogen-bond acceptors (Lipinski definition) is 3. The molecule has 1 amide bonds. The van der Waals surface area contributed by atoms with E-state index in [4.69, 9.17) is 16.4 Å². The Bertz CT molecular complexity index is 828. The molecule has 2 atom stereocenters. The normalized spacial score (nSPS) is 19.8. The third-order valence-electron chi connectivity index (χ3n) is 4.47. The molecule has 0 saturated carbocycles. The van der Waals surface area contributed by atoms with Crippen LogP contribution in [0.15, 0.2) is 65.3 Å². The number of halogens is 2. The predicted molar refractivity (Wildman–Crippen MR) is 103 cm³/mol. The Morgan fingerprint density at radius 3 is 2.54 bits per heavy atom. The molecule has 0 spiro atoms. The second kappa shape index (κ2) is 7.70. The summed E-state index contributed by atoms with van der Waals surface area (Å²) in [5.41, 5.74) is 4.26. The van der Waals surface area contributed by atoms with Crippen molar-refractivity contribution in [1.82, 2.24) is 10.4 Å². The van der Waals surface area contributed by atoms with Crippen molar-refractivity contribution in [1.29, 1.82) is 0 Å². The van der Waals surface area contributed by atoms with Crippen molar-refractivity contribution < 1.29 is 14.7 Å². The average Bonchev–Trinajstić information content (AvgIpc) is 3.12. The van der Waals surface area contributed by atoms with E-state index in [-0.39, 0.29) is 0 Å². The van der Waals surface area contributed by atoms with Crippen molar-refractivity contribution in [3.05, 3.63) is 82.0 Å². The SMILES string of the molecule is CC(c1ccccc1Br)N(C(=O)O)C1(c2ccc(CCl)cc2)C=CON1. The number of rotatable bonds is 5. The van der Waals surface area contributed by atoms with Crippen molar-refractivity contribution in [3.63, 3.8) is 0 Å². The summed E-state index contributed by atoms with van der Waals surface area (Å²) >= 11 is 9.38. The zero-order valence-corrected chi connectivity index (χ0v) is 16.4. The van der Waals surface area contributed by atoms with E-state index in [1.54, 1.807) is 6.08 Å². The first kappa shape index (κ1) is 18.8. The highest BCUT2D eigenvalue weighted by Crippen LogP contribution is 2.39. The summed E-state index contributed by atoms with van der Waals surface area (Å²) in [7, 11) is 0. The van der Waals surface area contributed by atoms with Crippen LogP contribution in [0.2, 0.25) is 0 Å². The van der Waals surface area contributed by atoms with Gasteiger partial charge in [0.1, 0.15) is 6.26 Å². The highest BCUT2D eigenvalue weighted by atomic mass is 79.9. The molecule has 1 aliphatic heterocycles. The molecule has 136 valence electrons. The Hall–Kier alpha value is -2.02. The van der Waals surface area contributed by atoms with Gasteiger partial charge in [-0.25, -0.2) is 4.79 Å². The monoisotopic (exact) mass is 436 g/mol. The lowest BCUT2D eigenvalue weighted by atomic mass is 9.94. The van der Waals surface area contributed by atoms with E-state index in [0.717, 1.165) is 21.2 Å². The Morgan fingerprint density at radius 1 is 1.31 bits per heavy atom. The summed E-state index contributed by atoms with van der Waals surface area (Å²) in [4.78, 5) is 18.9. The summed E-state index contributed by atoms with van der Waals surface area (Å²) < 4.78 is 0.842. The quantitative estimate of drug-likeness (QED) is 0.637. The maximum absolute atomic E-state index is 12.3. The molecule has 0 fully saturated rings. The molecule has 3 rings (SSSR count). The van der Waals surface area contributed by atoms with Crippen molar-refractivity contribution in [3.8, 4) is 0 Å². The molecule has 1 aliphatic rings. The zero-order valence-electron chi connectivity index (χ0n) is 14.0. The highest BCUT2D eigenvalue weighted by Gasteiger charge is 2.46. The van der Waals surface area contributed by atoms with Gasteiger partial charge in [0.05, 0.1) is 6.04 Å². The van der Waals surface area contributed by atoms with E-state index >= 15 is 0 Å². The van der Waals surface area contributed by atoms with E-state index in [9.17, 15) is 9.90 Å². The van der Waals surface area contributed by atoms with Crippen LogP contribution in [0.3, 0.4) is 0 Å². The fourth-order valence-electron chi connectivity index (χ4n) is 3.14. The minimum absolute atomic E-state index is 0.392. The molecule has 1 heterocycles. The number of nitrogens with one attached hydrogen (secondary N) is 1. The molecule has 2 aromatic carbocycles. The van der Waals surface area contributed by atoms with Gasteiger partial charge in [0.2, 0.25) is 0 Å². The summed E-state index contributed by atoms with van der Waals surface area (Å²) in [5, 5.41) is 10.0. The number of benzene rings is 2. The molecule has 7 heteroatoms. The molecule has 2 aromatic rings. The smallest absolute Gasteiger partial charge is 0.409 e. The van der Waals surface area contributed by atoms with Crippen LogP contribution < -0.4 is 5.48 Å². The second-order valence-electron chi connectivity index (χ2n) is 5.97. The van der Waals surface area contributed by atoms with E-state index in [1.165, 1.54) is 11.2 Å². The molecule has 5 nitrogen and oxygen atoms in total. The van der Waals surface area contributed by atoms with Crippen molar-refractivity contribution in [2.45, 2.75) is 24.5 Å². The fourth-order valence-corrected chi connectivity index (χ4v) is 3.93. The molecule has 0 aliphatic carbocycles. The largest absolute Gasteiger partial charge is 0.465 e. The van der Waals surface area contributed by atoms with Gasteiger partial charge >= 0.3 is 6.09 Å². The average molecular weight is 438 g/mol. The van der Waals surface area contributed by atoms with Gasteiger partial charge in [0, 0.05) is 16.4 Å². The number of hydroxylamine groups is 1. The van der Waals surface area contributed by atoms with Crippen LogP contribution in [-0.4, -0.2) is 16.1 Å². The number of hydrogen-bond donors (Lipinski definition) is 2. The second-order valence-corrected chi connectivity index (χ2v) is 7.09. The van der Waals surface area contributed by atoms with Crippen LogP contribution in [0.1, 0.15) is 29.7 Å². The Kier molecular flexibility index (Phi) is 5.55. The first-order valence-electron chi connectivity index (χ1n) is 8.02. The van der Waals surface area contributed by atoms with E-state index in [2.05, 4.69) is 21.4 Å². The van der Waals surface area contributed by atoms with Gasteiger partial charge in [-0.15, -0.1) is 17.1 Å². The fraction of sp³-hybridized carbons (Fsp3) is 0.211. The van der Waals surface area contributed by atoms with Gasteiger partial charge in [0.15, 0.2) is 5.66 Å². The van der Waals surface area contributed by atoms with Gasteiger partial charge in [-0.3, -0.25) is 4.90 Å². The lowest BCUT2D eigenvalue weighted by molar-refractivity contribution is -0.0153. The van der Waals surface area contributed by atoms with Gasteiger partial charge in [-0.05, 0) is 29.7 Å². The zero-order chi connectivity index (χ0) is 18.7. The van der Waals surface area contributed by atoms with Crippen LogP contribution in [0.4, 0.5) is 4.79 Å². The van der Waals surface area contributed by atoms with Crippen LogP contribution in [-0.2, 0) is 16.4 Å². The molecule has 0 bridgehead atoms. The maximum atomic E-state index is 12.3. The van der Waals surface area contributed by atoms with E-state index < -0.39 is 17.8 Å². The van der Waals surface area contributed by atoms with Gasteiger partial charge in [0.25, 0.3) is 0 Å². The predicted octanol–water partition coefficient (Wildman–Crippen LogP) is 5.13. The number of carbonyl (C=O) groups is 1. The van der Waals surface area contributed by atoms with E-state index in [0.29, 0.717) is 5.88 Å². The van der Waals surface area contributed by atoms with Gasteiger partial charge < -0.3 is 9.94 Å². The van der Waals surface area contributed by atoms with E-state index in [1.807, 2.05) is 55.5 Å². The molecular weight excluding hydrogens is 420 g/mol. The summed E-state index contributed by atoms with van der Waals surface area (Å²) in [6, 6.07) is 14.6. The van der Waals surface area contributed by atoms with Gasteiger partial charge in [-0.2, -0.15) is 0 Å². The van der Waals surface area contributed by atoms with Crippen LogP contribution >= 0.6 is 27.5 Å². The molecule has 0 saturated heterocycles. The lowest BCUT2D eigenvalue weighted by Crippen LogP contribution is -2.55. The third kappa shape index (κ3) is 3.32. The van der Waals surface area contributed by atoms with Crippen molar-refractivity contribution in [2.75, 3.05) is 0 Å². The summed E-state index contributed by atoms with van der Waals surface area (Å²) in [6.45, 7) is 1.84. The highest BCUT2D eigenvalue weighted by molar-refractivity contribution is 9.10. The number of nitrogens with zero attached hydrogens (tertiary/aromatic N) is 1. The topological polar surface area (TPSA) is 61.8 Å². The Balaban J connectivity index is 2.09. The molecule has 0 radical (unpaired) electrons. The Labute approximate surface area is 165 Å². The minimum Gasteiger partial charge on any atom is -0.465 e. The summed E-state index contributed by atoms with van der Waals surface area (Å²) in [6.07, 6.45) is 2.08. The maximum Gasteiger partial charge on any atom is 0.409 e. The molecule has 2 unspecified atom stereocenters.